The van der Waals surface area contributed by atoms with Crippen LogP contribution < -0.4 is 4.72 Å². The van der Waals surface area contributed by atoms with Crippen LogP contribution in [0.5, 0.6) is 0 Å². The Kier molecular flexibility index (Phi) is 4.97. The van der Waals surface area contributed by atoms with Crippen molar-refractivity contribution in [1.29, 1.82) is 0 Å². The number of hydrogen-bond donors (Lipinski definition) is 2. The maximum atomic E-state index is 12.3. The molecule has 0 bridgehead atoms. The number of benzene rings is 2. The number of nitrogens with zero attached hydrogens (tertiary/aromatic N) is 1. The quantitative estimate of drug-likeness (QED) is 0.692. The standard InChI is InChI=1S/C18H21N3O2S/c1-2-5-14-8-10-15(11-9-14)24(22,23)19-13-12-18-20-16-6-3-4-7-17(16)21-18/h3-4,6-11,19H,2,5,12-13H2,1H3,(H,20,21). The predicted molar refractivity (Wildman–Crippen MR) is 95.4 cm³/mol. The smallest absolute Gasteiger partial charge is 0.240 e. The van der Waals surface area contributed by atoms with E-state index in [-0.39, 0.29) is 0 Å². The normalized spacial score (nSPS) is 11.9. The van der Waals surface area contributed by atoms with Gasteiger partial charge in [0.25, 0.3) is 0 Å². The van der Waals surface area contributed by atoms with Gasteiger partial charge in [-0.05, 0) is 36.2 Å². The van der Waals surface area contributed by atoms with Gasteiger partial charge in [0.15, 0.2) is 0 Å². The van der Waals surface area contributed by atoms with Crippen molar-refractivity contribution < 1.29 is 8.42 Å². The predicted octanol–water partition coefficient (Wildman–Crippen LogP) is 3.04. The lowest BCUT2D eigenvalue weighted by atomic mass is 10.1. The van der Waals surface area contributed by atoms with Crippen LogP contribution in [-0.2, 0) is 22.9 Å². The summed E-state index contributed by atoms with van der Waals surface area (Å²) < 4.78 is 27.3. The lowest BCUT2D eigenvalue weighted by Crippen LogP contribution is -2.26. The van der Waals surface area contributed by atoms with Crippen molar-refractivity contribution in [3.8, 4) is 0 Å². The molecule has 2 aromatic carbocycles. The van der Waals surface area contributed by atoms with Crippen molar-refractivity contribution >= 4 is 21.1 Å². The van der Waals surface area contributed by atoms with E-state index in [2.05, 4.69) is 21.6 Å². The van der Waals surface area contributed by atoms with Crippen LogP contribution in [0.4, 0.5) is 0 Å². The maximum absolute atomic E-state index is 12.3. The summed E-state index contributed by atoms with van der Waals surface area (Å²) in [5.74, 6) is 0.775. The van der Waals surface area contributed by atoms with Crippen LogP contribution in [0.3, 0.4) is 0 Å². The van der Waals surface area contributed by atoms with Crippen LogP contribution in [0.15, 0.2) is 53.4 Å². The van der Waals surface area contributed by atoms with Crippen molar-refractivity contribution in [3.63, 3.8) is 0 Å². The summed E-state index contributed by atoms with van der Waals surface area (Å²) >= 11 is 0. The Labute approximate surface area is 142 Å². The molecule has 0 atom stereocenters. The molecule has 0 saturated carbocycles. The first-order chi connectivity index (χ1) is 11.6. The molecule has 0 radical (unpaired) electrons. The van der Waals surface area contributed by atoms with E-state index in [4.69, 9.17) is 0 Å². The van der Waals surface area contributed by atoms with E-state index in [0.717, 1.165) is 35.3 Å². The van der Waals surface area contributed by atoms with E-state index in [1.807, 2.05) is 36.4 Å². The van der Waals surface area contributed by atoms with Gasteiger partial charge in [-0.3, -0.25) is 0 Å². The monoisotopic (exact) mass is 343 g/mol. The molecule has 0 saturated heterocycles. The maximum Gasteiger partial charge on any atom is 0.240 e. The van der Waals surface area contributed by atoms with Gasteiger partial charge in [0.2, 0.25) is 10.0 Å². The molecule has 0 aliphatic carbocycles. The summed E-state index contributed by atoms with van der Waals surface area (Å²) in [6.07, 6.45) is 2.52. The highest BCUT2D eigenvalue weighted by atomic mass is 32.2. The molecule has 0 unspecified atom stereocenters. The molecular weight excluding hydrogens is 322 g/mol. The van der Waals surface area contributed by atoms with Gasteiger partial charge in [-0.25, -0.2) is 18.1 Å². The Morgan fingerprint density at radius 1 is 1.04 bits per heavy atom. The van der Waals surface area contributed by atoms with Crippen molar-refractivity contribution in [1.82, 2.24) is 14.7 Å². The number of aromatic amines is 1. The minimum absolute atomic E-state index is 0.298. The molecule has 1 aromatic heterocycles. The minimum Gasteiger partial charge on any atom is -0.342 e. The zero-order valence-corrected chi connectivity index (χ0v) is 14.4. The van der Waals surface area contributed by atoms with E-state index in [0.29, 0.717) is 17.9 Å². The summed E-state index contributed by atoms with van der Waals surface area (Å²) in [6.45, 7) is 2.41. The topological polar surface area (TPSA) is 74.8 Å². The summed E-state index contributed by atoms with van der Waals surface area (Å²) in [5.41, 5.74) is 3.00. The second-order valence-corrected chi connectivity index (χ2v) is 7.51. The Morgan fingerprint density at radius 3 is 2.50 bits per heavy atom. The number of hydrogen-bond acceptors (Lipinski definition) is 3. The van der Waals surface area contributed by atoms with E-state index in [1.54, 1.807) is 12.1 Å². The number of sulfonamides is 1. The molecule has 2 N–H and O–H groups in total. The Hall–Kier alpha value is -2.18. The third-order valence-electron chi connectivity index (χ3n) is 3.86. The lowest BCUT2D eigenvalue weighted by molar-refractivity contribution is 0.581. The van der Waals surface area contributed by atoms with Gasteiger partial charge in [0.1, 0.15) is 5.82 Å². The van der Waals surface area contributed by atoms with E-state index in [1.165, 1.54) is 0 Å². The van der Waals surface area contributed by atoms with Gasteiger partial charge in [0, 0.05) is 13.0 Å². The summed E-state index contributed by atoms with van der Waals surface area (Å²) in [7, 11) is -3.48. The first-order valence-corrected chi connectivity index (χ1v) is 9.59. The average molecular weight is 343 g/mol. The molecule has 0 amide bonds. The van der Waals surface area contributed by atoms with Crippen molar-refractivity contribution in [3.05, 3.63) is 59.9 Å². The van der Waals surface area contributed by atoms with Crippen LogP contribution >= 0.6 is 0 Å². The van der Waals surface area contributed by atoms with Gasteiger partial charge in [-0.2, -0.15) is 0 Å². The minimum atomic E-state index is -3.48. The van der Waals surface area contributed by atoms with Gasteiger partial charge in [-0.15, -0.1) is 0 Å². The molecule has 0 spiro atoms. The second kappa shape index (κ2) is 7.15. The van der Waals surface area contributed by atoms with Gasteiger partial charge >= 0.3 is 0 Å². The van der Waals surface area contributed by atoms with E-state index in [9.17, 15) is 8.42 Å². The second-order valence-electron chi connectivity index (χ2n) is 5.74. The Morgan fingerprint density at radius 2 is 1.79 bits per heavy atom. The van der Waals surface area contributed by atoms with Gasteiger partial charge < -0.3 is 4.98 Å². The summed E-state index contributed by atoms with van der Waals surface area (Å²) in [4.78, 5) is 7.94. The third kappa shape index (κ3) is 3.83. The SMILES string of the molecule is CCCc1ccc(S(=O)(=O)NCCc2nc3ccccc3[nH]2)cc1. The lowest BCUT2D eigenvalue weighted by Gasteiger charge is -2.07. The molecule has 126 valence electrons. The Bertz CT molecular complexity index is 882. The van der Waals surface area contributed by atoms with Crippen LogP contribution in [0.2, 0.25) is 0 Å². The molecule has 6 heteroatoms. The van der Waals surface area contributed by atoms with E-state index >= 15 is 0 Å². The molecule has 3 aromatic rings. The van der Waals surface area contributed by atoms with Gasteiger partial charge in [-0.1, -0.05) is 37.6 Å². The summed E-state index contributed by atoms with van der Waals surface area (Å²) in [6, 6.07) is 14.8. The highest BCUT2D eigenvalue weighted by molar-refractivity contribution is 7.89. The third-order valence-corrected chi connectivity index (χ3v) is 5.34. The number of rotatable bonds is 7. The highest BCUT2D eigenvalue weighted by Gasteiger charge is 2.13. The summed E-state index contributed by atoms with van der Waals surface area (Å²) in [5, 5.41) is 0. The van der Waals surface area contributed by atoms with Crippen LogP contribution in [0, 0.1) is 0 Å². The number of aromatic nitrogens is 2. The molecule has 0 fully saturated rings. The molecule has 0 aliphatic heterocycles. The number of para-hydroxylation sites is 2. The number of fused-ring (bicyclic) bond motifs is 1. The number of nitrogens with one attached hydrogen (secondary N) is 2. The average Bonchev–Trinajstić information content (AvgIpc) is 2.98. The number of H-pyrrole nitrogens is 1. The largest absolute Gasteiger partial charge is 0.342 e. The number of aryl methyl sites for hydroxylation is 1. The fourth-order valence-corrected chi connectivity index (χ4v) is 3.67. The van der Waals surface area contributed by atoms with Crippen LogP contribution in [0.1, 0.15) is 24.7 Å². The zero-order chi connectivity index (χ0) is 17.0. The first kappa shape index (κ1) is 16.7. The fourth-order valence-electron chi connectivity index (χ4n) is 2.64. The number of imidazole rings is 1. The van der Waals surface area contributed by atoms with Gasteiger partial charge in [0.05, 0.1) is 15.9 Å². The van der Waals surface area contributed by atoms with Crippen molar-refractivity contribution in [2.24, 2.45) is 0 Å². The van der Waals surface area contributed by atoms with Crippen molar-refractivity contribution in [2.45, 2.75) is 31.1 Å². The van der Waals surface area contributed by atoms with Crippen LogP contribution in [0.25, 0.3) is 11.0 Å². The molecule has 1 heterocycles. The molecular formula is C18H21N3O2S. The molecule has 5 nitrogen and oxygen atoms in total. The molecule has 3 rings (SSSR count). The van der Waals surface area contributed by atoms with Crippen LogP contribution in [-0.4, -0.2) is 24.9 Å². The molecule has 0 aliphatic rings. The Balaban J connectivity index is 1.62. The van der Waals surface area contributed by atoms with E-state index < -0.39 is 10.0 Å². The zero-order valence-electron chi connectivity index (χ0n) is 13.6. The van der Waals surface area contributed by atoms with Crippen molar-refractivity contribution in [2.75, 3.05) is 6.54 Å². The highest BCUT2D eigenvalue weighted by Crippen LogP contribution is 2.13. The first-order valence-electron chi connectivity index (χ1n) is 8.11. The molecule has 24 heavy (non-hydrogen) atoms. The fraction of sp³-hybridized carbons (Fsp3) is 0.278.